The molecule has 0 saturated heterocycles. The Morgan fingerprint density at radius 1 is 1.39 bits per heavy atom. The van der Waals surface area contributed by atoms with Crippen LogP contribution in [0.1, 0.15) is 26.7 Å². The second-order valence-corrected chi connectivity index (χ2v) is 10.3. The maximum absolute atomic E-state index is 10.2. The quantitative estimate of drug-likeness (QED) is 0.615. The number of nitrogens with two attached hydrogens (primary N) is 1. The van der Waals surface area contributed by atoms with Crippen molar-refractivity contribution in [2.75, 3.05) is 12.3 Å². The molecule has 1 rings (SSSR count). The van der Waals surface area contributed by atoms with Gasteiger partial charge in [-0.3, -0.25) is 0 Å². The summed E-state index contributed by atoms with van der Waals surface area (Å²) in [5.74, 6) is 1.24. The van der Waals surface area contributed by atoms with E-state index in [9.17, 15) is 4.80 Å². The molecule has 0 atom stereocenters. The molecule has 0 bridgehead atoms. The van der Waals surface area contributed by atoms with Crippen molar-refractivity contribution < 1.29 is 9.53 Å². The van der Waals surface area contributed by atoms with Crippen LogP contribution in [0.5, 0.6) is 5.75 Å². The Kier molecular flexibility index (Phi) is 4.75. The summed E-state index contributed by atoms with van der Waals surface area (Å²) in [6.45, 7) is 8.86. The van der Waals surface area contributed by atoms with Crippen molar-refractivity contribution in [3.8, 4) is 5.75 Å². The van der Waals surface area contributed by atoms with Crippen LogP contribution in [0.3, 0.4) is 0 Å². The molecule has 0 fully saturated rings. The third kappa shape index (κ3) is 4.31. The first-order valence-corrected chi connectivity index (χ1v) is 9.24. The van der Waals surface area contributed by atoms with Gasteiger partial charge in [0.2, 0.25) is 0 Å². The minimum atomic E-state index is -2.11. The standard InChI is InChI=1S/C13H24N2O2Si/c1-13(2,18(3,4)16)8-5-9-17-11-6-7-12(14)15-10-11/h6-7,10,16H,5,8-9H2,1-4H3,(H2,14,15). The van der Waals surface area contributed by atoms with Gasteiger partial charge in [-0.05, 0) is 43.1 Å². The highest BCUT2D eigenvalue weighted by molar-refractivity contribution is 6.72. The van der Waals surface area contributed by atoms with E-state index in [4.69, 9.17) is 10.5 Å². The summed E-state index contributed by atoms with van der Waals surface area (Å²) in [5, 5.41) is 0.00965. The van der Waals surface area contributed by atoms with Gasteiger partial charge in [0.05, 0.1) is 12.8 Å². The lowest BCUT2D eigenvalue weighted by molar-refractivity contribution is 0.293. The molecular formula is C13H24N2O2Si. The average Bonchev–Trinajstić information content (AvgIpc) is 2.25. The molecule has 0 aliphatic carbocycles. The lowest BCUT2D eigenvalue weighted by Crippen LogP contribution is -2.39. The topological polar surface area (TPSA) is 68.4 Å². The van der Waals surface area contributed by atoms with Gasteiger partial charge in [0, 0.05) is 0 Å². The van der Waals surface area contributed by atoms with Crippen molar-refractivity contribution in [2.45, 2.75) is 44.8 Å². The largest absolute Gasteiger partial charge is 0.492 e. The van der Waals surface area contributed by atoms with Crippen LogP contribution in [0.15, 0.2) is 18.3 Å². The lowest BCUT2D eigenvalue weighted by atomic mass is 10.1. The van der Waals surface area contributed by atoms with E-state index >= 15 is 0 Å². The molecule has 4 nitrogen and oxygen atoms in total. The molecule has 0 radical (unpaired) electrons. The van der Waals surface area contributed by atoms with Crippen LogP contribution in [0.4, 0.5) is 5.82 Å². The Bertz CT molecular complexity index is 372. The van der Waals surface area contributed by atoms with E-state index in [1.165, 1.54) is 0 Å². The van der Waals surface area contributed by atoms with Crippen molar-refractivity contribution in [3.63, 3.8) is 0 Å². The van der Waals surface area contributed by atoms with Crippen molar-refractivity contribution in [2.24, 2.45) is 0 Å². The summed E-state index contributed by atoms with van der Waals surface area (Å²) in [6.07, 6.45) is 3.52. The molecule has 1 aromatic heterocycles. The fourth-order valence-corrected chi connectivity index (χ4v) is 2.28. The first-order valence-electron chi connectivity index (χ1n) is 6.29. The molecule has 0 saturated carbocycles. The Hall–Kier alpha value is -1.07. The smallest absolute Gasteiger partial charge is 0.188 e. The van der Waals surface area contributed by atoms with E-state index in [2.05, 4.69) is 18.8 Å². The normalized spacial score (nSPS) is 12.5. The van der Waals surface area contributed by atoms with Crippen LogP contribution in [0.25, 0.3) is 0 Å². The number of nitrogen functional groups attached to an aromatic ring is 1. The third-order valence-corrected chi connectivity index (χ3v) is 7.19. The summed E-state index contributed by atoms with van der Waals surface area (Å²) < 4.78 is 5.58. The molecular weight excluding hydrogens is 244 g/mol. The summed E-state index contributed by atoms with van der Waals surface area (Å²) in [5.41, 5.74) is 5.50. The molecule has 18 heavy (non-hydrogen) atoms. The number of hydrogen-bond acceptors (Lipinski definition) is 4. The molecule has 1 aromatic rings. The first kappa shape index (κ1) is 15.0. The fraction of sp³-hybridized carbons (Fsp3) is 0.615. The van der Waals surface area contributed by atoms with Crippen LogP contribution >= 0.6 is 0 Å². The molecule has 0 aliphatic heterocycles. The Morgan fingerprint density at radius 3 is 2.56 bits per heavy atom. The summed E-state index contributed by atoms with van der Waals surface area (Å²) in [4.78, 5) is 14.1. The van der Waals surface area contributed by atoms with Gasteiger partial charge in [-0.25, -0.2) is 4.98 Å². The maximum Gasteiger partial charge on any atom is 0.188 e. The van der Waals surface area contributed by atoms with Crippen molar-refractivity contribution in [3.05, 3.63) is 18.3 Å². The lowest BCUT2D eigenvalue weighted by Gasteiger charge is -2.35. The van der Waals surface area contributed by atoms with Gasteiger partial charge in [-0.2, -0.15) is 0 Å². The van der Waals surface area contributed by atoms with E-state index < -0.39 is 8.32 Å². The van der Waals surface area contributed by atoms with Crippen molar-refractivity contribution >= 4 is 14.1 Å². The zero-order valence-electron chi connectivity index (χ0n) is 11.7. The molecule has 0 aliphatic rings. The molecule has 0 spiro atoms. The Labute approximate surface area is 110 Å². The predicted molar refractivity (Wildman–Crippen MR) is 77.1 cm³/mol. The van der Waals surface area contributed by atoms with Gasteiger partial charge < -0.3 is 15.3 Å². The minimum Gasteiger partial charge on any atom is -0.492 e. The van der Waals surface area contributed by atoms with Gasteiger partial charge in [-0.1, -0.05) is 13.8 Å². The Morgan fingerprint density at radius 2 is 2.06 bits per heavy atom. The highest BCUT2D eigenvalue weighted by Gasteiger charge is 2.37. The molecule has 1 heterocycles. The number of nitrogens with zero attached hydrogens (tertiary/aromatic N) is 1. The van der Waals surface area contributed by atoms with Gasteiger partial charge in [0.25, 0.3) is 0 Å². The highest BCUT2D eigenvalue weighted by Crippen LogP contribution is 2.39. The van der Waals surface area contributed by atoms with Gasteiger partial charge >= 0.3 is 0 Å². The fourth-order valence-electron chi connectivity index (χ4n) is 1.49. The average molecular weight is 268 g/mol. The van der Waals surface area contributed by atoms with E-state index in [1.807, 2.05) is 19.2 Å². The zero-order chi connectivity index (χ0) is 13.8. The number of ether oxygens (including phenoxy) is 1. The molecule has 0 unspecified atom stereocenters. The number of rotatable bonds is 6. The summed E-state index contributed by atoms with van der Waals surface area (Å²) >= 11 is 0. The SMILES string of the molecule is CC(C)(CCCOc1ccc(N)nc1)[Si](C)(C)O. The monoisotopic (exact) mass is 268 g/mol. The molecule has 5 heteroatoms. The van der Waals surface area contributed by atoms with E-state index in [0.717, 1.165) is 18.6 Å². The highest BCUT2D eigenvalue weighted by atomic mass is 28.4. The van der Waals surface area contributed by atoms with Crippen LogP contribution in [-0.2, 0) is 0 Å². The molecule has 3 N–H and O–H groups in total. The van der Waals surface area contributed by atoms with Gasteiger partial charge in [-0.15, -0.1) is 0 Å². The maximum atomic E-state index is 10.2. The molecule has 102 valence electrons. The summed E-state index contributed by atoms with van der Waals surface area (Å²) in [7, 11) is -2.11. The summed E-state index contributed by atoms with van der Waals surface area (Å²) in [6, 6.07) is 3.54. The number of hydrogen-bond donors (Lipinski definition) is 2. The number of pyridine rings is 1. The molecule has 0 amide bonds. The van der Waals surface area contributed by atoms with E-state index in [1.54, 1.807) is 12.3 Å². The van der Waals surface area contributed by atoms with Crippen molar-refractivity contribution in [1.82, 2.24) is 4.98 Å². The number of anilines is 1. The minimum absolute atomic E-state index is 0.00965. The predicted octanol–water partition coefficient (Wildman–Crippen LogP) is 2.80. The second-order valence-electron chi connectivity index (χ2n) is 5.81. The van der Waals surface area contributed by atoms with Crippen LogP contribution in [0, 0.1) is 0 Å². The second kappa shape index (κ2) is 5.71. The third-order valence-electron chi connectivity index (χ3n) is 3.63. The van der Waals surface area contributed by atoms with Gasteiger partial charge in [0.1, 0.15) is 11.6 Å². The number of aromatic nitrogens is 1. The van der Waals surface area contributed by atoms with Crippen LogP contribution < -0.4 is 10.5 Å². The van der Waals surface area contributed by atoms with Crippen LogP contribution in [-0.4, -0.2) is 24.7 Å². The Balaban J connectivity index is 2.33. The zero-order valence-corrected chi connectivity index (χ0v) is 12.7. The van der Waals surface area contributed by atoms with E-state index in [-0.39, 0.29) is 5.04 Å². The van der Waals surface area contributed by atoms with E-state index in [0.29, 0.717) is 12.4 Å². The van der Waals surface area contributed by atoms with Crippen molar-refractivity contribution in [1.29, 1.82) is 0 Å². The first-order chi connectivity index (χ1) is 8.22. The van der Waals surface area contributed by atoms with Crippen LogP contribution in [0.2, 0.25) is 18.1 Å². The van der Waals surface area contributed by atoms with Gasteiger partial charge in [0.15, 0.2) is 8.32 Å². The molecule has 0 aromatic carbocycles.